The van der Waals surface area contributed by atoms with Gasteiger partial charge in [0.2, 0.25) is 0 Å². The van der Waals surface area contributed by atoms with E-state index < -0.39 is 11.7 Å². The molecule has 0 atom stereocenters. The van der Waals surface area contributed by atoms with Crippen molar-refractivity contribution in [2.24, 2.45) is 5.10 Å². The molecule has 5 nitrogen and oxygen atoms in total. The van der Waals surface area contributed by atoms with Gasteiger partial charge >= 0.3 is 0 Å². The van der Waals surface area contributed by atoms with Crippen LogP contribution in [0.15, 0.2) is 88.4 Å². The zero-order valence-corrected chi connectivity index (χ0v) is 19.3. The van der Waals surface area contributed by atoms with Crippen LogP contribution in [0, 0.1) is 5.82 Å². The number of nitrogens with one attached hydrogen (secondary N) is 1. The second-order valence-corrected chi connectivity index (χ2v) is 8.02. The number of amides is 1. The largest absolute Gasteiger partial charge is 0.493 e. The Morgan fingerprint density at radius 2 is 1.82 bits per heavy atom. The van der Waals surface area contributed by atoms with Gasteiger partial charge in [-0.2, -0.15) is 5.10 Å². The third-order valence-corrected chi connectivity index (χ3v) is 5.58. The molecule has 0 aliphatic heterocycles. The summed E-state index contributed by atoms with van der Waals surface area (Å²) in [6.07, 6.45) is 1.49. The first-order valence-electron chi connectivity index (χ1n) is 10.1. The molecule has 0 aliphatic rings. The highest BCUT2D eigenvalue weighted by Gasteiger charge is 2.12. The maximum absolute atomic E-state index is 13.0. The van der Waals surface area contributed by atoms with Crippen LogP contribution < -0.4 is 14.9 Å². The van der Waals surface area contributed by atoms with Crippen LogP contribution in [0.4, 0.5) is 4.39 Å². The predicted octanol–water partition coefficient (Wildman–Crippen LogP) is 6.09. The van der Waals surface area contributed by atoms with Crippen LogP contribution >= 0.6 is 15.9 Å². The first-order valence-corrected chi connectivity index (χ1v) is 10.9. The van der Waals surface area contributed by atoms with Gasteiger partial charge in [-0.05, 0) is 74.2 Å². The second-order valence-electron chi connectivity index (χ2n) is 7.17. The van der Waals surface area contributed by atoms with Crippen molar-refractivity contribution in [1.29, 1.82) is 0 Å². The van der Waals surface area contributed by atoms with Crippen molar-refractivity contribution in [2.75, 3.05) is 7.11 Å². The first kappa shape index (κ1) is 22.5. The molecule has 0 spiro atoms. The molecule has 0 unspecified atom stereocenters. The van der Waals surface area contributed by atoms with E-state index in [1.165, 1.54) is 30.5 Å². The van der Waals surface area contributed by atoms with Crippen LogP contribution in [0.2, 0.25) is 0 Å². The lowest BCUT2D eigenvalue weighted by atomic mass is 10.1. The fourth-order valence-corrected chi connectivity index (χ4v) is 3.93. The fourth-order valence-electron chi connectivity index (χ4n) is 3.35. The van der Waals surface area contributed by atoms with Gasteiger partial charge in [-0.1, -0.05) is 42.5 Å². The van der Waals surface area contributed by atoms with Gasteiger partial charge < -0.3 is 9.47 Å². The number of carbonyl (C=O) groups is 1. The second kappa shape index (κ2) is 10.3. The molecule has 4 rings (SSSR count). The smallest absolute Gasteiger partial charge is 0.271 e. The number of rotatable bonds is 7. The lowest BCUT2D eigenvalue weighted by Gasteiger charge is -2.14. The van der Waals surface area contributed by atoms with Crippen LogP contribution in [0.1, 0.15) is 21.5 Å². The number of fused-ring (bicyclic) bond motifs is 1. The lowest BCUT2D eigenvalue weighted by Crippen LogP contribution is -2.17. The number of carbonyl (C=O) groups excluding carboxylic acids is 1. The molecule has 0 saturated carbocycles. The average Bonchev–Trinajstić information content (AvgIpc) is 2.83. The third kappa shape index (κ3) is 5.38. The lowest BCUT2D eigenvalue weighted by molar-refractivity contribution is 0.0955. The fraction of sp³-hybridized carbons (Fsp3) is 0.0769. The topological polar surface area (TPSA) is 59.9 Å². The van der Waals surface area contributed by atoms with E-state index in [1.54, 1.807) is 13.2 Å². The number of methoxy groups -OCH3 is 1. The van der Waals surface area contributed by atoms with Crippen LogP contribution in [0.25, 0.3) is 10.8 Å². The van der Waals surface area contributed by atoms with Gasteiger partial charge in [0.15, 0.2) is 11.5 Å². The highest BCUT2D eigenvalue weighted by Crippen LogP contribution is 2.37. The summed E-state index contributed by atoms with van der Waals surface area (Å²) in [6.45, 7) is 0.372. The molecule has 0 radical (unpaired) electrons. The summed E-state index contributed by atoms with van der Waals surface area (Å²) in [5, 5.41) is 6.27. The Labute approximate surface area is 199 Å². The van der Waals surface area contributed by atoms with Crippen molar-refractivity contribution in [3.63, 3.8) is 0 Å². The van der Waals surface area contributed by atoms with E-state index in [4.69, 9.17) is 9.47 Å². The molecule has 33 heavy (non-hydrogen) atoms. The minimum Gasteiger partial charge on any atom is -0.493 e. The van der Waals surface area contributed by atoms with Crippen molar-refractivity contribution >= 4 is 38.8 Å². The monoisotopic (exact) mass is 506 g/mol. The highest BCUT2D eigenvalue weighted by molar-refractivity contribution is 9.10. The average molecular weight is 507 g/mol. The normalized spacial score (nSPS) is 11.0. The SMILES string of the molecule is COc1cc(/C=N\NC(=O)c2ccc(F)cc2)cc(Br)c1OCc1cccc2ccccc12. The quantitative estimate of drug-likeness (QED) is 0.243. The summed E-state index contributed by atoms with van der Waals surface area (Å²) in [7, 11) is 1.56. The van der Waals surface area contributed by atoms with E-state index in [9.17, 15) is 9.18 Å². The third-order valence-electron chi connectivity index (χ3n) is 4.99. The van der Waals surface area contributed by atoms with Crippen molar-refractivity contribution in [3.05, 3.63) is 106 Å². The Balaban J connectivity index is 1.47. The van der Waals surface area contributed by atoms with E-state index in [-0.39, 0.29) is 0 Å². The molecular formula is C26H20BrFN2O3. The van der Waals surface area contributed by atoms with Gasteiger partial charge in [0.1, 0.15) is 12.4 Å². The van der Waals surface area contributed by atoms with Crippen molar-refractivity contribution in [3.8, 4) is 11.5 Å². The molecule has 0 fully saturated rings. The summed E-state index contributed by atoms with van der Waals surface area (Å²) in [5.74, 6) is 0.246. The summed E-state index contributed by atoms with van der Waals surface area (Å²) < 4.78 is 25.3. The Morgan fingerprint density at radius 1 is 1.06 bits per heavy atom. The number of ether oxygens (including phenoxy) is 2. The summed E-state index contributed by atoms with van der Waals surface area (Å²) >= 11 is 3.54. The number of nitrogens with zero attached hydrogens (tertiary/aromatic N) is 1. The van der Waals surface area contributed by atoms with Crippen molar-refractivity contribution in [1.82, 2.24) is 5.43 Å². The summed E-state index contributed by atoms with van der Waals surface area (Å²) in [5.41, 5.74) is 4.49. The van der Waals surface area contributed by atoms with E-state index in [1.807, 2.05) is 30.3 Å². The Kier molecular flexibility index (Phi) is 7.00. The minimum atomic E-state index is -0.438. The Bertz CT molecular complexity index is 1320. The van der Waals surface area contributed by atoms with Gasteiger partial charge in [0, 0.05) is 5.56 Å². The maximum atomic E-state index is 13.0. The van der Waals surface area contributed by atoms with Crippen molar-refractivity contribution < 1.29 is 18.7 Å². The van der Waals surface area contributed by atoms with Gasteiger partial charge in [-0.25, -0.2) is 9.82 Å². The zero-order chi connectivity index (χ0) is 23.2. The summed E-state index contributed by atoms with van der Waals surface area (Å²) in [4.78, 5) is 12.1. The van der Waals surface area contributed by atoms with Crippen LogP contribution in [0.3, 0.4) is 0 Å². The van der Waals surface area contributed by atoms with E-state index >= 15 is 0 Å². The molecule has 0 aliphatic carbocycles. The molecule has 4 aromatic carbocycles. The van der Waals surface area contributed by atoms with E-state index in [2.05, 4.69) is 44.7 Å². The van der Waals surface area contributed by atoms with Gasteiger partial charge in [-0.15, -0.1) is 0 Å². The van der Waals surface area contributed by atoms with Gasteiger partial charge in [0.05, 0.1) is 17.8 Å². The molecule has 0 bridgehead atoms. The van der Waals surface area contributed by atoms with Gasteiger partial charge in [-0.3, -0.25) is 4.79 Å². The maximum Gasteiger partial charge on any atom is 0.271 e. The molecular weight excluding hydrogens is 487 g/mol. The number of benzene rings is 4. The molecule has 4 aromatic rings. The molecule has 7 heteroatoms. The Hall–Kier alpha value is -3.71. The van der Waals surface area contributed by atoms with E-state index in [0.29, 0.717) is 33.7 Å². The summed E-state index contributed by atoms with van der Waals surface area (Å²) in [6, 6.07) is 23.1. The molecule has 166 valence electrons. The highest BCUT2D eigenvalue weighted by atomic mass is 79.9. The molecule has 1 N–H and O–H groups in total. The number of hydrazone groups is 1. The Morgan fingerprint density at radius 3 is 2.61 bits per heavy atom. The van der Waals surface area contributed by atoms with Crippen LogP contribution in [-0.2, 0) is 6.61 Å². The first-order chi connectivity index (χ1) is 16.0. The molecule has 0 saturated heterocycles. The van der Waals surface area contributed by atoms with Crippen molar-refractivity contribution in [2.45, 2.75) is 6.61 Å². The number of hydrogen-bond donors (Lipinski definition) is 1. The number of hydrogen-bond acceptors (Lipinski definition) is 4. The number of halogens is 2. The predicted molar refractivity (Wildman–Crippen MR) is 130 cm³/mol. The molecule has 1 amide bonds. The minimum absolute atomic E-state index is 0.310. The standard InChI is InChI=1S/C26H20BrFN2O3/c1-32-24-14-17(15-29-30-26(31)19-9-11-21(28)12-10-19)13-23(27)25(24)33-16-20-7-4-6-18-5-2-3-8-22(18)20/h2-15H,16H2,1H3,(H,30,31)/b29-15-. The van der Waals surface area contributed by atoms with Gasteiger partial charge in [0.25, 0.3) is 5.91 Å². The van der Waals surface area contributed by atoms with Crippen LogP contribution in [0.5, 0.6) is 11.5 Å². The zero-order valence-electron chi connectivity index (χ0n) is 17.7. The van der Waals surface area contributed by atoms with E-state index in [0.717, 1.165) is 16.3 Å². The van der Waals surface area contributed by atoms with Crippen LogP contribution in [-0.4, -0.2) is 19.2 Å². The molecule has 0 aromatic heterocycles. The molecule has 0 heterocycles.